The third-order valence-corrected chi connectivity index (χ3v) is 4.30. The number of ether oxygens (including phenoxy) is 3. The van der Waals surface area contributed by atoms with Crippen molar-refractivity contribution in [2.45, 2.75) is 18.9 Å². The van der Waals surface area contributed by atoms with Crippen molar-refractivity contribution in [2.24, 2.45) is 0 Å². The maximum atomic E-state index is 12.8. The molecule has 1 fully saturated rings. The Morgan fingerprint density at radius 1 is 1.17 bits per heavy atom. The molecule has 1 aromatic rings. The Morgan fingerprint density at radius 3 is 2.67 bits per heavy atom. The second kappa shape index (κ2) is 7.72. The van der Waals surface area contributed by atoms with Gasteiger partial charge in [0.15, 0.2) is 11.5 Å². The average Bonchev–Trinajstić information content (AvgIpc) is 3.03. The summed E-state index contributed by atoms with van der Waals surface area (Å²) in [6, 6.07) is 5.58. The van der Waals surface area contributed by atoms with Gasteiger partial charge in [-0.3, -0.25) is 0 Å². The zero-order chi connectivity index (χ0) is 16.9. The van der Waals surface area contributed by atoms with E-state index in [9.17, 15) is 4.79 Å². The van der Waals surface area contributed by atoms with Gasteiger partial charge in [-0.15, -0.1) is 0 Å². The first-order chi connectivity index (χ1) is 11.6. The lowest BCUT2D eigenvalue weighted by Gasteiger charge is -2.35. The summed E-state index contributed by atoms with van der Waals surface area (Å²) in [5.41, 5.74) is 0.714. The van der Waals surface area contributed by atoms with Crippen LogP contribution in [0.1, 0.15) is 12.8 Å². The minimum Gasteiger partial charge on any atom is -0.454 e. The highest BCUT2D eigenvalue weighted by molar-refractivity contribution is 5.90. The molecule has 2 aliphatic heterocycles. The summed E-state index contributed by atoms with van der Waals surface area (Å²) in [5, 5.41) is 2.98. The average molecular weight is 335 g/mol. The van der Waals surface area contributed by atoms with Crippen LogP contribution < -0.4 is 14.8 Å². The number of urea groups is 1. The molecule has 1 saturated heterocycles. The second-order valence-corrected chi connectivity index (χ2v) is 6.34. The molecule has 132 valence electrons. The van der Waals surface area contributed by atoms with E-state index in [-0.39, 0.29) is 18.9 Å². The van der Waals surface area contributed by atoms with E-state index in [2.05, 4.69) is 10.2 Å². The molecule has 0 bridgehead atoms. The van der Waals surface area contributed by atoms with Gasteiger partial charge >= 0.3 is 6.03 Å². The molecule has 1 aromatic carbocycles. The van der Waals surface area contributed by atoms with Gasteiger partial charge < -0.3 is 29.3 Å². The van der Waals surface area contributed by atoms with Crippen LogP contribution in [0.15, 0.2) is 18.2 Å². The molecule has 2 aliphatic rings. The number of fused-ring (bicyclic) bond motifs is 1. The Kier molecular flexibility index (Phi) is 5.42. The molecule has 0 unspecified atom stereocenters. The number of amides is 2. The van der Waals surface area contributed by atoms with Gasteiger partial charge in [0.25, 0.3) is 0 Å². The number of nitrogens with zero attached hydrogens (tertiary/aromatic N) is 2. The molecule has 2 amide bonds. The van der Waals surface area contributed by atoms with Crippen LogP contribution in [0, 0.1) is 0 Å². The van der Waals surface area contributed by atoms with E-state index in [1.807, 2.05) is 31.1 Å². The lowest BCUT2D eigenvalue weighted by atomic mass is 10.1. The van der Waals surface area contributed by atoms with Gasteiger partial charge in [0.1, 0.15) is 0 Å². The van der Waals surface area contributed by atoms with Crippen LogP contribution in [0.5, 0.6) is 11.5 Å². The molecule has 1 N–H and O–H groups in total. The summed E-state index contributed by atoms with van der Waals surface area (Å²) < 4.78 is 16.1. The maximum absolute atomic E-state index is 12.8. The Bertz CT molecular complexity index is 573. The number of carbonyl (C=O) groups is 1. The van der Waals surface area contributed by atoms with E-state index in [0.717, 1.165) is 19.4 Å². The third kappa shape index (κ3) is 4.10. The molecule has 0 aliphatic carbocycles. The molecular weight excluding hydrogens is 310 g/mol. The lowest BCUT2D eigenvalue weighted by molar-refractivity contribution is 0.0466. The molecule has 0 aromatic heterocycles. The Balaban J connectivity index is 1.67. The van der Waals surface area contributed by atoms with E-state index in [0.29, 0.717) is 36.9 Å². The number of hydrogen-bond acceptors (Lipinski definition) is 5. The van der Waals surface area contributed by atoms with E-state index < -0.39 is 0 Å². The van der Waals surface area contributed by atoms with Crippen molar-refractivity contribution >= 4 is 11.7 Å². The first-order valence-electron chi connectivity index (χ1n) is 8.33. The van der Waals surface area contributed by atoms with Crippen LogP contribution in [0.3, 0.4) is 0 Å². The van der Waals surface area contributed by atoms with Crippen LogP contribution in [0.4, 0.5) is 10.5 Å². The highest BCUT2D eigenvalue weighted by Gasteiger charge is 2.26. The van der Waals surface area contributed by atoms with Crippen molar-refractivity contribution in [1.29, 1.82) is 0 Å². The topological polar surface area (TPSA) is 63.3 Å². The predicted octanol–water partition coefficient (Wildman–Crippen LogP) is 1.99. The summed E-state index contributed by atoms with van der Waals surface area (Å²) in [5.74, 6) is 1.38. The number of hydrogen-bond donors (Lipinski definition) is 1. The van der Waals surface area contributed by atoms with Crippen LogP contribution in [0.25, 0.3) is 0 Å². The van der Waals surface area contributed by atoms with Gasteiger partial charge in [0.2, 0.25) is 6.79 Å². The second-order valence-electron chi connectivity index (χ2n) is 6.34. The number of rotatable bonds is 5. The number of carbonyl (C=O) groups excluding carboxylic acids is 1. The number of benzene rings is 1. The minimum atomic E-state index is -0.0809. The van der Waals surface area contributed by atoms with Crippen molar-refractivity contribution < 1.29 is 19.0 Å². The van der Waals surface area contributed by atoms with Crippen molar-refractivity contribution in [3.63, 3.8) is 0 Å². The van der Waals surface area contributed by atoms with Gasteiger partial charge in [0.05, 0.1) is 0 Å². The SMILES string of the molecule is CN(C)CCN(C(=O)Nc1ccc2c(c1)OCO2)C1CCOCC1. The fraction of sp³-hybridized carbons (Fsp3) is 0.588. The summed E-state index contributed by atoms with van der Waals surface area (Å²) in [4.78, 5) is 16.8. The van der Waals surface area contributed by atoms with Gasteiger partial charge in [-0.1, -0.05) is 0 Å². The molecule has 2 heterocycles. The van der Waals surface area contributed by atoms with Crippen molar-refractivity contribution in [3.05, 3.63) is 18.2 Å². The van der Waals surface area contributed by atoms with E-state index in [4.69, 9.17) is 14.2 Å². The van der Waals surface area contributed by atoms with Gasteiger partial charge in [-0.2, -0.15) is 0 Å². The summed E-state index contributed by atoms with van der Waals surface area (Å²) in [6.45, 7) is 3.16. The molecule has 0 atom stereocenters. The maximum Gasteiger partial charge on any atom is 0.322 e. The van der Waals surface area contributed by atoms with Gasteiger partial charge in [-0.25, -0.2) is 4.79 Å². The Labute approximate surface area is 142 Å². The van der Waals surface area contributed by atoms with E-state index >= 15 is 0 Å². The summed E-state index contributed by atoms with van der Waals surface area (Å²) in [6.07, 6.45) is 1.75. The van der Waals surface area contributed by atoms with Gasteiger partial charge in [-0.05, 0) is 39.1 Å². The number of nitrogens with one attached hydrogen (secondary N) is 1. The standard InChI is InChI=1S/C17H25N3O4/c1-19(2)7-8-20(14-5-9-22-10-6-14)17(21)18-13-3-4-15-16(11-13)24-12-23-15/h3-4,11,14H,5-10,12H2,1-2H3,(H,18,21). The normalized spacial score (nSPS) is 17.1. The number of likely N-dealkylation sites (N-methyl/N-ethyl adjacent to an activating group) is 1. The Hall–Kier alpha value is -1.99. The highest BCUT2D eigenvalue weighted by Crippen LogP contribution is 2.34. The highest BCUT2D eigenvalue weighted by atomic mass is 16.7. The monoisotopic (exact) mass is 335 g/mol. The Morgan fingerprint density at radius 2 is 1.92 bits per heavy atom. The number of anilines is 1. The first-order valence-corrected chi connectivity index (χ1v) is 8.33. The van der Waals surface area contributed by atoms with Crippen molar-refractivity contribution in [1.82, 2.24) is 9.80 Å². The molecule has 0 spiro atoms. The van der Waals surface area contributed by atoms with Crippen molar-refractivity contribution in [3.8, 4) is 11.5 Å². The van der Waals surface area contributed by atoms with Crippen LogP contribution in [0.2, 0.25) is 0 Å². The molecule has 7 heteroatoms. The fourth-order valence-corrected chi connectivity index (χ4v) is 2.92. The predicted molar refractivity (Wildman–Crippen MR) is 90.7 cm³/mol. The summed E-state index contributed by atoms with van der Waals surface area (Å²) in [7, 11) is 4.02. The minimum absolute atomic E-state index is 0.0809. The quantitative estimate of drug-likeness (QED) is 0.891. The smallest absolute Gasteiger partial charge is 0.322 e. The van der Waals surface area contributed by atoms with Crippen LogP contribution in [-0.4, -0.2) is 69.1 Å². The molecule has 3 rings (SSSR count). The molecule has 24 heavy (non-hydrogen) atoms. The molecule has 0 radical (unpaired) electrons. The van der Waals surface area contributed by atoms with Crippen LogP contribution in [-0.2, 0) is 4.74 Å². The third-order valence-electron chi connectivity index (χ3n) is 4.30. The van der Waals surface area contributed by atoms with Crippen LogP contribution >= 0.6 is 0 Å². The molecular formula is C17H25N3O4. The summed E-state index contributed by atoms with van der Waals surface area (Å²) >= 11 is 0. The first kappa shape index (κ1) is 16.9. The molecule has 0 saturated carbocycles. The van der Waals surface area contributed by atoms with Crippen molar-refractivity contribution in [2.75, 3.05) is 52.5 Å². The fourth-order valence-electron chi connectivity index (χ4n) is 2.92. The van der Waals surface area contributed by atoms with Gasteiger partial charge in [0, 0.05) is 44.1 Å². The zero-order valence-corrected chi connectivity index (χ0v) is 14.3. The zero-order valence-electron chi connectivity index (χ0n) is 14.3. The van der Waals surface area contributed by atoms with E-state index in [1.54, 1.807) is 6.07 Å². The van der Waals surface area contributed by atoms with E-state index in [1.165, 1.54) is 0 Å². The largest absolute Gasteiger partial charge is 0.454 e. The molecule has 7 nitrogen and oxygen atoms in total. The lowest BCUT2D eigenvalue weighted by Crippen LogP contribution is -2.48.